The van der Waals surface area contributed by atoms with Crippen molar-refractivity contribution in [3.8, 4) is 5.75 Å². The Morgan fingerprint density at radius 2 is 1.91 bits per heavy atom. The molecule has 5 rings (SSSR count). The van der Waals surface area contributed by atoms with Gasteiger partial charge in [-0.3, -0.25) is 4.98 Å². The van der Waals surface area contributed by atoms with Crippen molar-refractivity contribution in [3.05, 3.63) is 34.6 Å². The van der Waals surface area contributed by atoms with Crippen molar-refractivity contribution in [1.29, 1.82) is 0 Å². The number of hydrogen-bond acceptors (Lipinski definition) is 8. The van der Waals surface area contributed by atoms with E-state index in [0.29, 0.717) is 55.5 Å². The molecule has 0 N–H and O–H groups in total. The first kappa shape index (κ1) is 24.4. The summed E-state index contributed by atoms with van der Waals surface area (Å²) in [4.78, 5) is 6.24. The van der Waals surface area contributed by atoms with E-state index in [4.69, 9.17) is 4.74 Å². The molecule has 8 nitrogen and oxygen atoms in total. The number of pyridine rings is 1. The lowest BCUT2D eigenvalue weighted by atomic mass is 9.78. The van der Waals surface area contributed by atoms with Crippen molar-refractivity contribution >= 4 is 32.1 Å². The first-order chi connectivity index (χ1) is 16.4. The molecular formula is C22H26F3N5O3S2. The maximum atomic E-state index is 12.9. The highest BCUT2D eigenvalue weighted by atomic mass is 32.2. The molecule has 3 aliphatic rings. The molecule has 2 aromatic heterocycles. The van der Waals surface area contributed by atoms with Gasteiger partial charge < -0.3 is 9.64 Å². The van der Waals surface area contributed by atoms with Gasteiger partial charge in [0.25, 0.3) is 0 Å². The van der Waals surface area contributed by atoms with Gasteiger partial charge in [0, 0.05) is 55.8 Å². The fraction of sp³-hybridized carbons (Fsp3) is 0.591. The quantitative estimate of drug-likeness (QED) is 0.598. The van der Waals surface area contributed by atoms with Crippen LogP contribution in [-0.4, -0.2) is 65.9 Å². The summed E-state index contributed by atoms with van der Waals surface area (Å²) in [6.45, 7) is 4.04. The standard InChI is InChI=1S/C22H26F3N5O3S2/c1-21(15-5-7-29(8-6-15)20-28-27-19(34-20)22(23,24)25)11-16-17(12-26-13-18(16)33-21)14-3-9-30(10-4-14)35(2,31)32/h3,12-13,15H,4-11H2,1-2H3. The second-order valence-electron chi connectivity index (χ2n) is 9.50. The Morgan fingerprint density at radius 3 is 2.51 bits per heavy atom. The second-order valence-corrected chi connectivity index (χ2v) is 12.4. The minimum atomic E-state index is -4.48. The number of anilines is 1. The van der Waals surface area contributed by atoms with Crippen LogP contribution in [0.5, 0.6) is 5.75 Å². The highest BCUT2D eigenvalue weighted by molar-refractivity contribution is 7.88. The number of piperidine rings is 1. The Balaban J connectivity index is 1.28. The SMILES string of the molecule is CC1(C2CCN(c3nnc(C(F)(F)F)s3)CC2)Cc2c(cncc2C2=CCN(S(C)(=O)=O)CC2)O1. The monoisotopic (exact) mass is 529 g/mol. The zero-order valence-electron chi connectivity index (χ0n) is 19.4. The Morgan fingerprint density at radius 1 is 1.17 bits per heavy atom. The summed E-state index contributed by atoms with van der Waals surface area (Å²) in [6.07, 6.45) is 5.09. The molecule has 5 heterocycles. The molecule has 0 saturated carbocycles. The van der Waals surface area contributed by atoms with Crippen LogP contribution in [0.2, 0.25) is 0 Å². The largest absolute Gasteiger partial charge is 0.485 e. The number of nitrogens with zero attached hydrogens (tertiary/aromatic N) is 5. The molecule has 0 aromatic carbocycles. The predicted octanol–water partition coefficient (Wildman–Crippen LogP) is 3.61. The van der Waals surface area contributed by atoms with Crippen LogP contribution in [0.15, 0.2) is 18.5 Å². The summed E-state index contributed by atoms with van der Waals surface area (Å²) >= 11 is 0.580. The maximum Gasteiger partial charge on any atom is 0.445 e. The van der Waals surface area contributed by atoms with E-state index in [-0.39, 0.29) is 5.92 Å². The molecule has 2 aromatic rings. The van der Waals surface area contributed by atoms with Gasteiger partial charge in [0.05, 0.1) is 12.5 Å². The number of aromatic nitrogens is 3. The van der Waals surface area contributed by atoms with Gasteiger partial charge >= 0.3 is 6.18 Å². The number of fused-ring (bicyclic) bond motifs is 1. The molecule has 3 aliphatic heterocycles. The Bertz CT molecular complexity index is 1260. The van der Waals surface area contributed by atoms with Gasteiger partial charge in [0.1, 0.15) is 11.4 Å². The minimum absolute atomic E-state index is 0.218. The van der Waals surface area contributed by atoms with E-state index in [9.17, 15) is 21.6 Å². The first-order valence-electron chi connectivity index (χ1n) is 11.4. The zero-order chi connectivity index (χ0) is 25.0. The molecule has 1 unspecified atom stereocenters. The average molecular weight is 530 g/mol. The maximum absolute atomic E-state index is 12.9. The molecule has 0 spiro atoms. The van der Waals surface area contributed by atoms with Gasteiger partial charge in [-0.1, -0.05) is 17.4 Å². The normalized spacial score (nSPS) is 24.3. The van der Waals surface area contributed by atoms with E-state index in [0.717, 1.165) is 35.3 Å². The third-order valence-electron chi connectivity index (χ3n) is 7.16. The second kappa shape index (κ2) is 8.70. The van der Waals surface area contributed by atoms with Crippen LogP contribution >= 0.6 is 11.3 Å². The zero-order valence-corrected chi connectivity index (χ0v) is 21.0. The molecule has 1 fully saturated rings. The average Bonchev–Trinajstić information content (AvgIpc) is 3.44. The lowest BCUT2D eigenvalue weighted by Crippen LogP contribution is -2.46. The number of alkyl halides is 3. The molecule has 0 bridgehead atoms. The molecule has 1 atom stereocenters. The molecule has 0 amide bonds. The Labute approximate surface area is 205 Å². The van der Waals surface area contributed by atoms with Crippen molar-refractivity contribution in [3.63, 3.8) is 0 Å². The molecule has 190 valence electrons. The van der Waals surface area contributed by atoms with Gasteiger partial charge in [-0.15, -0.1) is 10.2 Å². The summed E-state index contributed by atoms with van der Waals surface area (Å²) in [7, 11) is -3.23. The van der Waals surface area contributed by atoms with Crippen molar-refractivity contribution in [1.82, 2.24) is 19.5 Å². The number of ether oxygens (including phenoxy) is 1. The predicted molar refractivity (Wildman–Crippen MR) is 126 cm³/mol. The van der Waals surface area contributed by atoms with Crippen LogP contribution in [0.1, 0.15) is 42.3 Å². The van der Waals surface area contributed by atoms with Crippen LogP contribution in [0, 0.1) is 5.92 Å². The summed E-state index contributed by atoms with van der Waals surface area (Å²) < 4.78 is 70.2. The van der Waals surface area contributed by atoms with Crippen molar-refractivity contribution in [2.24, 2.45) is 5.92 Å². The number of rotatable bonds is 4. The molecule has 13 heteroatoms. The van der Waals surface area contributed by atoms with Crippen LogP contribution < -0.4 is 9.64 Å². The highest BCUT2D eigenvalue weighted by Gasteiger charge is 2.45. The van der Waals surface area contributed by atoms with Crippen molar-refractivity contribution in [2.75, 3.05) is 37.3 Å². The van der Waals surface area contributed by atoms with E-state index < -0.39 is 26.8 Å². The van der Waals surface area contributed by atoms with Crippen molar-refractivity contribution in [2.45, 2.75) is 44.4 Å². The molecule has 0 radical (unpaired) electrons. The van der Waals surface area contributed by atoms with Crippen LogP contribution in [0.4, 0.5) is 18.3 Å². The van der Waals surface area contributed by atoms with E-state index in [1.165, 1.54) is 10.6 Å². The first-order valence-corrected chi connectivity index (χ1v) is 14.1. The molecule has 1 saturated heterocycles. The Kier molecular flexibility index (Phi) is 6.07. The van der Waals surface area contributed by atoms with E-state index in [1.54, 1.807) is 6.20 Å². The van der Waals surface area contributed by atoms with Crippen LogP contribution in [0.25, 0.3) is 5.57 Å². The third kappa shape index (κ3) is 4.77. The summed E-state index contributed by atoms with van der Waals surface area (Å²) in [5, 5.41) is 6.43. The molecular weight excluding hydrogens is 503 g/mol. The minimum Gasteiger partial charge on any atom is -0.485 e. The smallest absolute Gasteiger partial charge is 0.445 e. The van der Waals surface area contributed by atoms with Gasteiger partial charge in [-0.05, 0) is 31.8 Å². The Hall–Kier alpha value is -2.25. The van der Waals surface area contributed by atoms with Crippen molar-refractivity contribution < 1.29 is 26.3 Å². The van der Waals surface area contributed by atoms with Gasteiger partial charge in [0.2, 0.25) is 20.2 Å². The fourth-order valence-corrected chi connectivity index (χ4v) is 6.75. The van der Waals surface area contributed by atoms with E-state index in [2.05, 4.69) is 22.1 Å². The van der Waals surface area contributed by atoms with Crippen LogP contribution in [0.3, 0.4) is 0 Å². The summed E-state index contributed by atoms with van der Waals surface area (Å²) in [6, 6.07) is 0. The highest BCUT2D eigenvalue weighted by Crippen LogP contribution is 2.46. The topological polar surface area (TPSA) is 88.5 Å². The number of sulfonamides is 1. The van der Waals surface area contributed by atoms with Crippen LogP contribution in [-0.2, 0) is 22.6 Å². The third-order valence-corrected chi connectivity index (χ3v) is 9.46. The van der Waals surface area contributed by atoms with E-state index >= 15 is 0 Å². The molecule has 35 heavy (non-hydrogen) atoms. The number of halogens is 3. The van der Waals surface area contributed by atoms with Gasteiger partial charge in [-0.2, -0.15) is 17.5 Å². The van der Waals surface area contributed by atoms with Gasteiger partial charge in [-0.25, -0.2) is 8.42 Å². The lowest BCUT2D eigenvalue weighted by molar-refractivity contribution is -0.138. The lowest BCUT2D eigenvalue weighted by Gasteiger charge is -2.39. The van der Waals surface area contributed by atoms with Gasteiger partial charge in [0.15, 0.2) is 0 Å². The number of hydrogen-bond donors (Lipinski definition) is 0. The summed E-state index contributed by atoms with van der Waals surface area (Å²) in [5.74, 6) is 0.966. The van der Waals surface area contributed by atoms with E-state index in [1.807, 2.05) is 17.2 Å². The summed E-state index contributed by atoms with van der Waals surface area (Å²) in [5.41, 5.74) is 2.72. The molecule has 0 aliphatic carbocycles. The fourth-order valence-electron chi connectivity index (χ4n) is 5.22.